The summed E-state index contributed by atoms with van der Waals surface area (Å²) in [5.74, 6) is 0. The van der Waals surface area contributed by atoms with Crippen molar-refractivity contribution in [3.63, 3.8) is 0 Å². The van der Waals surface area contributed by atoms with Gasteiger partial charge in [-0.3, -0.25) is 13.9 Å². The van der Waals surface area contributed by atoms with E-state index in [4.69, 9.17) is 0 Å². The van der Waals surface area contributed by atoms with Gasteiger partial charge in [0, 0.05) is 20.6 Å². The molecule has 3 aromatic rings. The van der Waals surface area contributed by atoms with Gasteiger partial charge in [-0.15, -0.1) is 0 Å². The molecule has 35 heavy (non-hydrogen) atoms. The van der Waals surface area contributed by atoms with Crippen molar-refractivity contribution in [3.05, 3.63) is 63.1 Å². The number of hydrogen-bond acceptors (Lipinski definition) is 4. The maximum absolute atomic E-state index is 12.5. The molecule has 0 radical (unpaired) electrons. The highest BCUT2D eigenvalue weighted by Gasteiger charge is 2.18. The number of nitrogens with zero attached hydrogens (tertiary/aromatic N) is 4. The Labute approximate surface area is 213 Å². The highest BCUT2D eigenvalue weighted by atomic mass is 35.5. The van der Waals surface area contributed by atoms with Crippen molar-refractivity contribution in [3.8, 4) is 0 Å². The van der Waals surface area contributed by atoms with Gasteiger partial charge in [-0.2, -0.15) is 0 Å². The Bertz CT molecular complexity index is 1160. The van der Waals surface area contributed by atoms with E-state index < -0.39 is 6.10 Å². The molecule has 0 saturated carbocycles. The van der Waals surface area contributed by atoms with E-state index in [2.05, 4.69) is 17.2 Å². The number of unbranched alkanes of at least 4 members (excludes halogenated alkanes) is 7. The summed E-state index contributed by atoms with van der Waals surface area (Å²) in [6.07, 6.45) is 10.7. The van der Waals surface area contributed by atoms with Crippen LogP contribution in [0, 0.1) is 0 Å². The molecule has 0 saturated heterocycles. The van der Waals surface area contributed by atoms with Gasteiger partial charge in [0.15, 0.2) is 11.2 Å². The fraction of sp³-hybridized carbons (Fsp3) is 0.577. The molecule has 0 aliphatic rings. The van der Waals surface area contributed by atoms with Crippen molar-refractivity contribution in [1.29, 1.82) is 0 Å². The third kappa shape index (κ3) is 7.53. The van der Waals surface area contributed by atoms with Crippen LogP contribution in [0.2, 0.25) is 0 Å². The molecule has 2 atom stereocenters. The molecule has 0 amide bonds. The second-order valence-corrected chi connectivity index (χ2v) is 9.38. The predicted octanol–water partition coefficient (Wildman–Crippen LogP) is -0.756. The summed E-state index contributed by atoms with van der Waals surface area (Å²) in [5.41, 5.74) is 1.32. The molecule has 2 heterocycles. The molecule has 2 unspecified atom stereocenters. The van der Waals surface area contributed by atoms with E-state index in [1.807, 2.05) is 34.9 Å². The second kappa shape index (κ2) is 14.2. The number of halogens is 1. The Balaban J connectivity index is 0.00000432. The molecule has 2 aromatic heterocycles. The highest BCUT2D eigenvalue weighted by Crippen LogP contribution is 2.14. The van der Waals surface area contributed by atoms with Gasteiger partial charge in [0.1, 0.15) is 12.1 Å². The third-order valence-electron chi connectivity index (χ3n) is 6.75. The molecule has 0 bridgehead atoms. The summed E-state index contributed by atoms with van der Waals surface area (Å²) in [6.45, 7) is 3.88. The van der Waals surface area contributed by atoms with E-state index in [0.29, 0.717) is 11.2 Å². The van der Waals surface area contributed by atoms with Crippen LogP contribution in [0.5, 0.6) is 0 Å². The van der Waals surface area contributed by atoms with Gasteiger partial charge in [-0.1, -0.05) is 62.4 Å². The lowest BCUT2D eigenvalue weighted by molar-refractivity contribution is -0.694. The van der Waals surface area contributed by atoms with Gasteiger partial charge in [0.2, 0.25) is 0 Å². The van der Waals surface area contributed by atoms with Crippen LogP contribution in [0.15, 0.2) is 46.2 Å². The van der Waals surface area contributed by atoms with Gasteiger partial charge in [-0.25, -0.2) is 9.78 Å². The van der Waals surface area contributed by atoms with Crippen LogP contribution in [0.4, 0.5) is 0 Å². The smallest absolute Gasteiger partial charge is 0.332 e. The van der Waals surface area contributed by atoms with Gasteiger partial charge in [0.05, 0.1) is 12.9 Å². The number of fused-ring (bicyclic) bond motifs is 1. The average Bonchev–Trinajstić information content (AvgIpc) is 3.28. The van der Waals surface area contributed by atoms with Crippen LogP contribution in [-0.4, -0.2) is 36.4 Å². The average molecular weight is 506 g/mol. The number of rotatable bonds is 14. The predicted molar refractivity (Wildman–Crippen MR) is 135 cm³/mol. The van der Waals surface area contributed by atoms with Crippen molar-refractivity contribution in [2.75, 3.05) is 6.54 Å². The van der Waals surface area contributed by atoms with Gasteiger partial charge in [-0.05, 0) is 31.7 Å². The van der Waals surface area contributed by atoms with Crippen LogP contribution in [-0.2, 0) is 20.6 Å². The van der Waals surface area contributed by atoms with Crippen molar-refractivity contribution in [2.45, 2.75) is 77.0 Å². The topological polar surface area (TPSA) is 98.7 Å². The zero-order valence-corrected chi connectivity index (χ0v) is 22.0. The molecule has 0 aliphatic carbocycles. The summed E-state index contributed by atoms with van der Waals surface area (Å²) < 4.78 is 4.45. The molecule has 0 aliphatic heterocycles. The maximum Gasteiger partial charge on any atom is 0.332 e. The minimum atomic E-state index is -0.420. The number of quaternary nitrogens is 1. The quantitative estimate of drug-likeness (QED) is 0.281. The second-order valence-electron chi connectivity index (χ2n) is 9.38. The largest absolute Gasteiger partial charge is 1.00 e. The molecule has 0 fully saturated rings. The summed E-state index contributed by atoms with van der Waals surface area (Å²) in [6, 6.07) is 10.0. The zero-order valence-electron chi connectivity index (χ0n) is 21.2. The third-order valence-corrected chi connectivity index (χ3v) is 6.75. The number of aliphatic hydroxyl groups is 1. The lowest BCUT2D eigenvalue weighted by Crippen LogP contribution is -3.00. The first kappa shape index (κ1) is 28.8. The summed E-state index contributed by atoms with van der Waals surface area (Å²) >= 11 is 0. The number of imidazole rings is 1. The number of hydrogen-bond donors (Lipinski definition) is 2. The lowest BCUT2D eigenvalue weighted by atomic mass is 10.0. The fourth-order valence-corrected chi connectivity index (χ4v) is 4.52. The van der Waals surface area contributed by atoms with Crippen molar-refractivity contribution in [2.24, 2.45) is 14.1 Å². The Morgan fingerprint density at radius 1 is 0.914 bits per heavy atom. The summed E-state index contributed by atoms with van der Waals surface area (Å²) in [5, 5.41) is 12.7. The number of aryl methyl sites for hydroxylation is 2. The van der Waals surface area contributed by atoms with Crippen molar-refractivity contribution >= 4 is 11.2 Å². The minimum Gasteiger partial charge on any atom is -1.00 e. The first-order valence-electron chi connectivity index (χ1n) is 12.6. The van der Waals surface area contributed by atoms with Crippen LogP contribution >= 0.6 is 0 Å². The molecular formula is C26H40ClN5O3. The maximum atomic E-state index is 12.5. The van der Waals surface area contributed by atoms with E-state index in [0.717, 1.165) is 36.1 Å². The molecule has 3 N–H and O–H groups in total. The van der Waals surface area contributed by atoms with Crippen LogP contribution in [0.3, 0.4) is 0 Å². The van der Waals surface area contributed by atoms with Crippen molar-refractivity contribution in [1.82, 2.24) is 18.7 Å². The Hall–Kier alpha value is -2.42. The summed E-state index contributed by atoms with van der Waals surface area (Å²) in [4.78, 5) is 28.8. The molecule has 3 rings (SSSR count). The minimum absolute atomic E-state index is 0. The van der Waals surface area contributed by atoms with Crippen molar-refractivity contribution < 1.29 is 22.8 Å². The number of aliphatic hydroxyl groups excluding tert-OH is 1. The Morgan fingerprint density at radius 3 is 2.17 bits per heavy atom. The molecule has 8 nitrogen and oxygen atoms in total. The number of nitrogens with two attached hydrogens (primary N) is 1. The van der Waals surface area contributed by atoms with Gasteiger partial charge in [0.25, 0.3) is 5.56 Å². The number of benzene rings is 1. The molecule has 9 heteroatoms. The van der Waals surface area contributed by atoms with E-state index in [-0.39, 0.29) is 29.7 Å². The summed E-state index contributed by atoms with van der Waals surface area (Å²) in [7, 11) is 3.16. The molecule has 194 valence electrons. The Kier molecular flexibility index (Phi) is 11.7. The van der Waals surface area contributed by atoms with E-state index in [9.17, 15) is 14.7 Å². The van der Waals surface area contributed by atoms with E-state index in [1.165, 1.54) is 50.1 Å². The first-order chi connectivity index (χ1) is 16.4. The van der Waals surface area contributed by atoms with E-state index >= 15 is 0 Å². The fourth-order valence-electron chi connectivity index (χ4n) is 4.52. The lowest BCUT2D eigenvalue weighted by Gasteiger charge is -2.17. The van der Waals surface area contributed by atoms with Gasteiger partial charge < -0.3 is 27.4 Å². The zero-order chi connectivity index (χ0) is 24.5. The molecule has 0 spiro atoms. The van der Waals surface area contributed by atoms with Crippen LogP contribution in [0.25, 0.3) is 11.2 Å². The molecule has 1 aromatic carbocycles. The monoisotopic (exact) mass is 505 g/mol. The van der Waals surface area contributed by atoms with E-state index in [1.54, 1.807) is 13.4 Å². The standard InChI is InChI=1S/C26H39N5O3.ClH/c1-20(23(32)21-15-11-10-12-16-21)27-17-13-8-6-4-5-7-9-14-18-31-19-28-24-22(31)25(33)30(3)26(34)29(24)2;/h10-12,15-16,19-20,23,27,32H,4-9,13-14,17-18H2,1-3H3;1H. The first-order valence-corrected chi connectivity index (χ1v) is 12.6. The normalized spacial score (nSPS) is 13.0. The molecular weight excluding hydrogens is 466 g/mol. The highest BCUT2D eigenvalue weighted by molar-refractivity contribution is 5.69. The van der Waals surface area contributed by atoms with Crippen LogP contribution in [0.1, 0.15) is 70.0 Å². The van der Waals surface area contributed by atoms with Gasteiger partial charge >= 0.3 is 5.69 Å². The Morgan fingerprint density at radius 2 is 1.51 bits per heavy atom. The van der Waals surface area contributed by atoms with Crippen LogP contribution < -0.4 is 29.0 Å². The number of aromatic nitrogens is 4. The SMILES string of the molecule is CC([NH2+]CCCCCCCCCCn1cnc2c1c(=O)n(C)c(=O)n2C)C(O)c1ccccc1.[Cl-].